The first-order chi connectivity index (χ1) is 14.6. The highest BCUT2D eigenvalue weighted by molar-refractivity contribution is 5.78. The molecule has 0 saturated heterocycles. The molecule has 1 heteroatoms. The van der Waals surface area contributed by atoms with Gasteiger partial charge >= 0.3 is 0 Å². The molecule has 30 heavy (non-hydrogen) atoms. The van der Waals surface area contributed by atoms with Gasteiger partial charge < -0.3 is 4.90 Å². The smallest absolute Gasteiger partial charge is 0.0462 e. The fourth-order valence-electron chi connectivity index (χ4n) is 3.65. The molecule has 0 unspecified atom stereocenters. The van der Waals surface area contributed by atoms with Crippen molar-refractivity contribution in [1.82, 2.24) is 0 Å². The SMILES string of the molecule is Cc1ccc(N(c2ccccc2)c2ccc(/C=C/c3ccc(C)cc3C)cc2)cc1. The second kappa shape index (κ2) is 8.84. The molecule has 0 bridgehead atoms. The highest BCUT2D eigenvalue weighted by atomic mass is 15.1. The van der Waals surface area contributed by atoms with Crippen molar-refractivity contribution in [2.24, 2.45) is 0 Å². The van der Waals surface area contributed by atoms with Crippen LogP contribution >= 0.6 is 0 Å². The van der Waals surface area contributed by atoms with E-state index >= 15 is 0 Å². The Morgan fingerprint density at radius 3 is 1.73 bits per heavy atom. The number of hydrogen-bond acceptors (Lipinski definition) is 1. The lowest BCUT2D eigenvalue weighted by Gasteiger charge is -2.25. The molecule has 0 saturated carbocycles. The number of aryl methyl sites for hydroxylation is 3. The fraction of sp³-hybridized carbons (Fsp3) is 0.103. The molecule has 0 amide bonds. The summed E-state index contributed by atoms with van der Waals surface area (Å²) >= 11 is 0. The topological polar surface area (TPSA) is 3.24 Å². The average Bonchev–Trinajstić information content (AvgIpc) is 2.76. The normalized spacial score (nSPS) is 11.0. The van der Waals surface area contributed by atoms with Gasteiger partial charge in [0.05, 0.1) is 0 Å². The van der Waals surface area contributed by atoms with Crippen LogP contribution < -0.4 is 4.90 Å². The van der Waals surface area contributed by atoms with E-state index in [2.05, 4.69) is 135 Å². The van der Waals surface area contributed by atoms with Crippen molar-refractivity contribution in [1.29, 1.82) is 0 Å². The molecular weight excluding hydrogens is 362 g/mol. The predicted octanol–water partition coefficient (Wildman–Crippen LogP) is 8.25. The molecule has 4 aromatic carbocycles. The first kappa shape index (κ1) is 19.7. The summed E-state index contributed by atoms with van der Waals surface area (Å²) in [6.45, 7) is 6.41. The summed E-state index contributed by atoms with van der Waals surface area (Å²) in [5.41, 5.74) is 9.77. The number of anilines is 3. The van der Waals surface area contributed by atoms with Crippen molar-refractivity contribution >= 4 is 29.2 Å². The Kier molecular flexibility index (Phi) is 5.81. The van der Waals surface area contributed by atoms with Crippen LogP contribution in [0.25, 0.3) is 12.2 Å². The van der Waals surface area contributed by atoms with Crippen molar-refractivity contribution in [3.8, 4) is 0 Å². The molecule has 0 atom stereocenters. The van der Waals surface area contributed by atoms with Gasteiger partial charge in [0.15, 0.2) is 0 Å². The van der Waals surface area contributed by atoms with Crippen LogP contribution in [0.5, 0.6) is 0 Å². The zero-order chi connectivity index (χ0) is 20.9. The standard InChI is InChI=1S/C29H27N/c1-22-10-17-28(18-11-22)30(27-7-5-4-6-8-27)29-19-13-25(14-20-29)12-16-26-15-9-23(2)21-24(26)3/h4-21H,1-3H3/b16-12+. The monoisotopic (exact) mass is 389 g/mol. The third kappa shape index (κ3) is 4.52. The van der Waals surface area contributed by atoms with E-state index in [-0.39, 0.29) is 0 Å². The number of benzene rings is 4. The van der Waals surface area contributed by atoms with Crippen LogP contribution in [-0.2, 0) is 0 Å². The molecule has 0 aliphatic heterocycles. The van der Waals surface area contributed by atoms with Gasteiger partial charge in [0, 0.05) is 17.1 Å². The van der Waals surface area contributed by atoms with Gasteiger partial charge in [-0.05, 0) is 73.9 Å². The molecule has 4 aromatic rings. The van der Waals surface area contributed by atoms with E-state index in [1.54, 1.807) is 0 Å². The molecule has 0 aromatic heterocycles. The van der Waals surface area contributed by atoms with E-state index in [0.717, 1.165) is 17.1 Å². The Morgan fingerprint density at radius 1 is 0.533 bits per heavy atom. The summed E-state index contributed by atoms with van der Waals surface area (Å²) in [4.78, 5) is 2.29. The van der Waals surface area contributed by atoms with E-state index in [1.165, 1.54) is 27.8 Å². The third-order valence-electron chi connectivity index (χ3n) is 5.34. The number of hydrogen-bond donors (Lipinski definition) is 0. The maximum atomic E-state index is 2.29. The zero-order valence-electron chi connectivity index (χ0n) is 17.8. The van der Waals surface area contributed by atoms with E-state index < -0.39 is 0 Å². The molecule has 0 aliphatic carbocycles. The first-order valence-corrected chi connectivity index (χ1v) is 10.4. The number of rotatable bonds is 5. The first-order valence-electron chi connectivity index (χ1n) is 10.4. The van der Waals surface area contributed by atoms with Gasteiger partial charge in [0.25, 0.3) is 0 Å². The van der Waals surface area contributed by atoms with Crippen LogP contribution in [0, 0.1) is 20.8 Å². The van der Waals surface area contributed by atoms with Crippen molar-refractivity contribution in [2.75, 3.05) is 4.90 Å². The average molecular weight is 390 g/mol. The fourth-order valence-corrected chi connectivity index (χ4v) is 3.65. The van der Waals surface area contributed by atoms with Crippen molar-refractivity contribution in [3.05, 3.63) is 125 Å². The van der Waals surface area contributed by atoms with Crippen molar-refractivity contribution in [3.63, 3.8) is 0 Å². The third-order valence-corrected chi connectivity index (χ3v) is 5.34. The maximum absolute atomic E-state index is 2.29. The molecular formula is C29H27N. The van der Waals surface area contributed by atoms with Gasteiger partial charge in [0.2, 0.25) is 0 Å². The summed E-state index contributed by atoms with van der Waals surface area (Å²) in [6.07, 6.45) is 4.37. The molecule has 0 spiro atoms. The lowest BCUT2D eigenvalue weighted by atomic mass is 10.0. The van der Waals surface area contributed by atoms with Crippen LogP contribution in [-0.4, -0.2) is 0 Å². The zero-order valence-corrected chi connectivity index (χ0v) is 17.8. The number of nitrogens with zero attached hydrogens (tertiary/aromatic N) is 1. The Morgan fingerprint density at radius 2 is 1.10 bits per heavy atom. The lowest BCUT2D eigenvalue weighted by molar-refractivity contribution is 1.27. The van der Waals surface area contributed by atoms with Gasteiger partial charge in [-0.25, -0.2) is 0 Å². The Labute approximate surface area is 179 Å². The molecule has 148 valence electrons. The van der Waals surface area contributed by atoms with Crippen LogP contribution in [0.2, 0.25) is 0 Å². The number of para-hydroxylation sites is 1. The van der Waals surface area contributed by atoms with Crippen molar-refractivity contribution in [2.45, 2.75) is 20.8 Å². The minimum Gasteiger partial charge on any atom is -0.311 e. The Hall–Kier alpha value is -3.58. The Bertz CT molecular complexity index is 1140. The van der Waals surface area contributed by atoms with Gasteiger partial charge in [-0.1, -0.05) is 83.9 Å². The van der Waals surface area contributed by atoms with Gasteiger partial charge in [-0.15, -0.1) is 0 Å². The van der Waals surface area contributed by atoms with E-state index in [0.29, 0.717) is 0 Å². The molecule has 0 aliphatic rings. The lowest BCUT2D eigenvalue weighted by Crippen LogP contribution is -2.09. The van der Waals surface area contributed by atoms with E-state index in [4.69, 9.17) is 0 Å². The molecule has 0 heterocycles. The minimum atomic E-state index is 1.15. The Balaban J connectivity index is 1.64. The molecule has 1 nitrogen and oxygen atoms in total. The van der Waals surface area contributed by atoms with Gasteiger partial charge in [-0.3, -0.25) is 0 Å². The summed E-state index contributed by atoms with van der Waals surface area (Å²) in [6, 6.07) is 34.5. The summed E-state index contributed by atoms with van der Waals surface area (Å²) in [7, 11) is 0. The summed E-state index contributed by atoms with van der Waals surface area (Å²) < 4.78 is 0. The van der Waals surface area contributed by atoms with Gasteiger partial charge in [-0.2, -0.15) is 0 Å². The summed E-state index contributed by atoms with van der Waals surface area (Å²) in [5, 5.41) is 0. The summed E-state index contributed by atoms with van der Waals surface area (Å²) in [5.74, 6) is 0. The molecule has 0 fully saturated rings. The maximum Gasteiger partial charge on any atom is 0.0462 e. The quantitative estimate of drug-likeness (QED) is 0.311. The largest absolute Gasteiger partial charge is 0.311 e. The van der Waals surface area contributed by atoms with Crippen LogP contribution in [0.3, 0.4) is 0 Å². The van der Waals surface area contributed by atoms with Crippen LogP contribution in [0.15, 0.2) is 97.1 Å². The molecule has 0 radical (unpaired) electrons. The highest BCUT2D eigenvalue weighted by Gasteiger charge is 2.11. The molecule has 4 rings (SSSR count). The van der Waals surface area contributed by atoms with E-state index in [9.17, 15) is 0 Å². The highest BCUT2D eigenvalue weighted by Crippen LogP contribution is 2.34. The minimum absolute atomic E-state index is 1.15. The molecule has 0 N–H and O–H groups in total. The predicted molar refractivity (Wildman–Crippen MR) is 131 cm³/mol. The van der Waals surface area contributed by atoms with Crippen LogP contribution in [0.4, 0.5) is 17.1 Å². The van der Waals surface area contributed by atoms with Gasteiger partial charge in [0.1, 0.15) is 0 Å². The second-order valence-electron chi connectivity index (χ2n) is 7.79. The van der Waals surface area contributed by atoms with Crippen LogP contribution in [0.1, 0.15) is 27.8 Å². The van der Waals surface area contributed by atoms with E-state index in [1.807, 2.05) is 0 Å². The van der Waals surface area contributed by atoms with Crippen molar-refractivity contribution < 1.29 is 0 Å². The second-order valence-corrected chi connectivity index (χ2v) is 7.79.